The molecule has 3 rings (SSSR count). The number of nitrogens with one attached hydrogen (secondary N) is 1. The van der Waals surface area contributed by atoms with Crippen LogP contribution in [0.3, 0.4) is 0 Å². The molecule has 104 valence electrons. The molecule has 0 aliphatic carbocycles. The highest BCUT2D eigenvalue weighted by molar-refractivity contribution is 5.89. The highest BCUT2D eigenvalue weighted by atomic mass is 16.6. The molecule has 0 aliphatic rings. The molecule has 21 heavy (non-hydrogen) atoms. The van der Waals surface area contributed by atoms with Gasteiger partial charge in [0.1, 0.15) is 0 Å². The summed E-state index contributed by atoms with van der Waals surface area (Å²) in [5.41, 5.74) is 1.66. The summed E-state index contributed by atoms with van der Waals surface area (Å²) < 4.78 is 0. The summed E-state index contributed by atoms with van der Waals surface area (Å²) in [4.78, 5) is 10.2. The Morgan fingerprint density at radius 1 is 1.14 bits per heavy atom. The van der Waals surface area contributed by atoms with Gasteiger partial charge in [-0.25, -0.2) is 0 Å². The van der Waals surface area contributed by atoms with Crippen LogP contribution in [0.5, 0.6) is 5.75 Å². The number of hydrogen-bond donors (Lipinski definition) is 2. The fourth-order valence-electron chi connectivity index (χ4n) is 2.11. The first-order valence-corrected chi connectivity index (χ1v) is 6.24. The lowest BCUT2D eigenvalue weighted by atomic mass is 10.1. The van der Waals surface area contributed by atoms with E-state index in [4.69, 9.17) is 0 Å². The van der Waals surface area contributed by atoms with Crippen molar-refractivity contribution in [3.63, 3.8) is 0 Å². The van der Waals surface area contributed by atoms with Crippen molar-refractivity contribution in [1.29, 1.82) is 0 Å². The summed E-state index contributed by atoms with van der Waals surface area (Å²) in [6.45, 7) is 0. The number of aromatic amines is 1. The molecule has 0 unspecified atom stereocenters. The maximum absolute atomic E-state index is 10.8. The van der Waals surface area contributed by atoms with Crippen LogP contribution in [0.1, 0.15) is 11.3 Å². The van der Waals surface area contributed by atoms with E-state index in [0.717, 1.165) is 10.9 Å². The summed E-state index contributed by atoms with van der Waals surface area (Å²) in [6.07, 6.45) is 3.31. The number of rotatable bonds is 3. The molecule has 0 saturated carbocycles. The first kappa shape index (κ1) is 12.9. The molecule has 6 nitrogen and oxygen atoms in total. The van der Waals surface area contributed by atoms with Gasteiger partial charge in [0.25, 0.3) is 0 Å². The summed E-state index contributed by atoms with van der Waals surface area (Å²) in [7, 11) is 0. The van der Waals surface area contributed by atoms with Crippen molar-refractivity contribution >= 4 is 28.7 Å². The van der Waals surface area contributed by atoms with E-state index in [-0.39, 0.29) is 11.4 Å². The fourth-order valence-corrected chi connectivity index (χ4v) is 2.11. The number of nitrogens with zero attached hydrogens (tertiary/aromatic N) is 2. The van der Waals surface area contributed by atoms with Crippen LogP contribution in [-0.4, -0.2) is 20.2 Å². The van der Waals surface area contributed by atoms with Crippen molar-refractivity contribution in [3.05, 3.63) is 63.8 Å². The largest absolute Gasteiger partial charge is 0.502 e. The molecule has 2 aromatic carbocycles. The van der Waals surface area contributed by atoms with Crippen LogP contribution in [0.25, 0.3) is 23.1 Å². The van der Waals surface area contributed by atoms with Gasteiger partial charge in [-0.05, 0) is 18.2 Å². The molecule has 0 bridgehead atoms. The van der Waals surface area contributed by atoms with Crippen molar-refractivity contribution < 1.29 is 10.0 Å². The third-order valence-electron chi connectivity index (χ3n) is 3.16. The monoisotopic (exact) mass is 281 g/mol. The highest BCUT2D eigenvalue weighted by Crippen LogP contribution is 2.30. The Morgan fingerprint density at radius 3 is 2.76 bits per heavy atom. The van der Waals surface area contributed by atoms with Crippen molar-refractivity contribution in [1.82, 2.24) is 10.2 Å². The van der Waals surface area contributed by atoms with Crippen molar-refractivity contribution in [2.45, 2.75) is 0 Å². The number of hydrogen-bond acceptors (Lipinski definition) is 4. The van der Waals surface area contributed by atoms with Crippen LogP contribution in [0, 0.1) is 10.1 Å². The average Bonchev–Trinajstić information content (AvgIpc) is 2.89. The van der Waals surface area contributed by atoms with Crippen molar-refractivity contribution in [2.75, 3.05) is 0 Å². The molecule has 3 aromatic rings. The molecule has 0 aliphatic heterocycles. The SMILES string of the molecule is O=[N+]([O-])c1cccc(/C=C/c2n[nH]c3ccccc23)c1O. The summed E-state index contributed by atoms with van der Waals surface area (Å²) in [5, 5.41) is 28.7. The second-order valence-corrected chi connectivity index (χ2v) is 4.46. The minimum Gasteiger partial charge on any atom is -0.502 e. The third kappa shape index (κ3) is 2.34. The normalized spacial score (nSPS) is 11.2. The highest BCUT2D eigenvalue weighted by Gasteiger charge is 2.14. The summed E-state index contributed by atoms with van der Waals surface area (Å²) >= 11 is 0. The first-order chi connectivity index (χ1) is 10.2. The maximum Gasteiger partial charge on any atom is 0.311 e. The van der Waals surface area contributed by atoms with Gasteiger partial charge in [0.2, 0.25) is 5.75 Å². The Hall–Kier alpha value is -3.15. The first-order valence-electron chi connectivity index (χ1n) is 6.24. The van der Waals surface area contributed by atoms with Crippen molar-refractivity contribution in [2.24, 2.45) is 0 Å². The number of aromatic hydroxyl groups is 1. The van der Waals surface area contributed by atoms with Gasteiger partial charge in [-0.15, -0.1) is 0 Å². The van der Waals surface area contributed by atoms with Crippen LogP contribution < -0.4 is 0 Å². The molecule has 0 amide bonds. The molecule has 2 N–H and O–H groups in total. The summed E-state index contributed by atoms with van der Waals surface area (Å²) in [5.74, 6) is -0.349. The number of fused-ring (bicyclic) bond motifs is 1. The standard InChI is InChI=1S/C15H11N3O3/c19-15-10(4-3-7-14(15)18(20)21)8-9-13-11-5-1-2-6-12(11)16-17-13/h1-9,19H,(H,16,17)/b9-8+. The van der Waals surface area contributed by atoms with Crippen molar-refractivity contribution in [3.8, 4) is 5.75 Å². The quantitative estimate of drug-likeness (QED) is 0.568. The molecule has 0 spiro atoms. The Morgan fingerprint density at radius 2 is 1.95 bits per heavy atom. The molecular formula is C15H11N3O3. The van der Waals surface area contributed by atoms with E-state index in [1.807, 2.05) is 24.3 Å². The number of benzene rings is 2. The predicted molar refractivity (Wildman–Crippen MR) is 79.8 cm³/mol. The van der Waals surface area contributed by atoms with Gasteiger partial charge in [-0.3, -0.25) is 15.2 Å². The van der Waals surface area contributed by atoms with Gasteiger partial charge in [0.05, 0.1) is 16.1 Å². The minimum absolute atomic E-state index is 0.316. The lowest BCUT2D eigenvalue weighted by Crippen LogP contribution is -1.89. The smallest absolute Gasteiger partial charge is 0.311 e. The molecule has 1 aromatic heterocycles. The lowest BCUT2D eigenvalue weighted by molar-refractivity contribution is -0.385. The second-order valence-electron chi connectivity index (χ2n) is 4.46. The van der Waals surface area contributed by atoms with E-state index in [1.54, 1.807) is 18.2 Å². The van der Waals surface area contributed by atoms with Gasteiger partial charge in [-0.1, -0.05) is 30.3 Å². The van der Waals surface area contributed by atoms with E-state index in [2.05, 4.69) is 10.2 Å². The third-order valence-corrected chi connectivity index (χ3v) is 3.16. The van der Waals surface area contributed by atoms with E-state index < -0.39 is 4.92 Å². The van der Waals surface area contributed by atoms with Crippen LogP contribution in [-0.2, 0) is 0 Å². The van der Waals surface area contributed by atoms with Crippen LogP contribution in [0.15, 0.2) is 42.5 Å². The number of H-pyrrole nitrogens is 1. The van der Waals surface area contributed by atoms with Gasteiger partial charge < -0.3 is 5.11 Å². The number of phenolic OH excluding ortho intramolecular Hbond substituents is 1. The zero-order chi connectivity index (χ0) is 14.8. The topological polar surface area (TPSA) is 92.0 Å². The van der Waals surface area contributed by atoms with E-state index in [0.29, 0.717) is 11.3 Å². The van der Waals surface area contributed by atoms with Crippen LogP contribution >= 0.6 is 0 Å². The molecule has 0 fully saturated rings. The molecule has 0 radical (unpaired) electrons. The Kier molecular flexibility index (Phi) is 3.12. The van der Waals surface area contributed by atoms with Gasteiger partial charge >= 0.3 is 5.69 Å². The number of nitro benzene ring substituents is 1. The second kappa shape index (κ2) is 5.09. The zero-order valence-corrected chi connectivity index (χ0v) is 10.9. The zero-order valence-electron chi connectivity index (χ0n) is 10.9. The maximum atomic E-state index is 10.8. The van der Waals surface area contributed by atoms with Gasteiger partial charge in [0.15, 0.2) is 0 Å². The number of para-hydroxylation sites is 2. The number of nitro groups is 1. The van der Waals surface area contributed by atoms with E-state index in [9.17, 15) is 15.2 Å². The number of phenols is 1. The average molecular weight is 281 g/mol. The van der Waals surface area contributed by atoms with Gasteiger partial charge in [-0.2, -0.15) is 5.10 Å². The fraction of sp³-hybridized carbons (Fsp3) is 0. The molecule has 0 atom stereocenters. The Bertz CT molecular complexity index is 852. The van der Waals surface area contributed by atoms with Gasteiger partial charge in [0, 0.05) is 17.0 Å². The Labute approximate surface area is 119 Å². The lowest BCUT2D eigenvalue weighted by Gasteiger charge is -1.99. The molecule has 1 heterocycles. The number of aromatic nitrogens is 2. The van der Waals surface area contributed by atoms with E-state index in [1.165, 1.54) is 12.1 Å². The minimum atomic E-state index is -0.614. The predicted octanol–water partition coefficient (Wildman–Crippen LogP) is 3.35. The van der Waals surface area contributed by atoms with Crippen LogP contribution in [0.2, 0.25) is 0 Å². The molecule has 0 saturated heterocycles. The van der Waals surface area contributed by atoms with E-state index >= 15 is 0 Å². The van der Waals surface area contributed by atoms with Crippen LogP contribution in [0.4, 0.5) is 5.69 Å². The summed E-state index contributed by atoms with van der Waals surface area (Å²) in [6, 6.07) is 12.0. The Balaban J connectivity index is 2.00. The molecule has 6 heteroatoms. The molecular weight excluding hydrogens is 270 g/mol.